The Morgan fingerprint density at radius 3 is 1.59 bits per heavy atom. The Morgan fingerprint density at radius 2 is 1.22 bits per heavy atom. The molecule has 0 radical (unpaired) electrons. The number of unbranched alkanes of at least 4 members (excludes halogenated alkanes) is 12. The lowest BCUT2D eigenvalue weighted by atomic mass is 9.84. The third-order valence-corrected chi connectivity index (χ3v) is 7.10. The molecule has 0 saturated carbocycles. The number of carbonyl (C=O) groups is 1. The average molecular weight is 456 g/mol. The van der Waals surface area contributed by atoms with E-state index in [0.717, 1.165) is 12.8 Å². The van der Waals surface area contributed by atoms with Gasteiger partial charge in [-0.1, -0.05) is 111 Å². The average Bonchev–Trinajstić information content (AvgIpc) is 2.69. The van der Waals surface area contributed by atoms with Crippen LogP contribution in [0.15, 0.2) is 0 Å². The fourth-order valence-electron chi connectivity index (χ4n) is 4.55. The maximum Gasteiger partial charge on any atom is 0.310 e. The molecule has 0 aromatic carbocycles. The maximum absolute atomic E-state index is 12.8. The lowest BCUT2D eigenvalue weighted by molar-refractivity contribution is -0.236. The van der Waals surface area contributed by atoms with Crippen LogP contribution in [-0.2, 0) is 9.53 Å². The van der Waals surface area contributed by atoms with Crippen LogP contribution in [-0.4, -0.2) is 41.4 Å². The maximum atomic E-state index is 12.8. The molecule has 1 N–H and O–H groups in total. The third-order valence-electron chi connectivity index (χ3n) is 7.10. The molecular weight excluding hydrogens is 398 g/mol. The van der Waals surface area contributed by atoms with E-state index in [2.05, 4.69) is 20.8 Å². The van der Waals surface area contributed by atoms with Crippen LogP contribution in [0.5, 0.6) is 0 Å². The van der Waals surface area contributed by atoms with Crippen LogP contribution in [0.25, 0.3) is 0 Å². The van der Waals surface area contributed by atoms with Gasteiger partial charge in [0.1, 0.15) is 5.60 Å². The molecule has 0 aromatic rings. The minimum atomic E-state index is -1.12. The highest BCUT2D eigenvalue weighted by Crippen LogP contribution is 2.34. The number of hydrogen-bond donors (Lipinski definition) is 1. The van der Waals surface area contributed by atoms with Crippen molar-refractivity contribution in [3.05, 3.63) is 0 Å². The van der Waals surface area contributed by atoms with Gasteiger partial charge in [0.15, 0.2) is 5.72 Å². The first kappa shape index (κ1) is 31.4. The normalized spacial score (nSPS) is 16.7. The molecule has 0 aliphatic heterocycles. The first-order chi connectivity index (χ1) is 15.0. The number of aliphatic hydroxyl groups is 1. The highest BCUT2D eigenvalue weighted by molar-refractivity contribution is 5.72. The second kappa shape index (κ2) is 16.9. The minimum Gasteiger partial charge on any atom is -0.441 e. The van der Waals surface area contributed by atoms with Crippen molar-refractivity contribution in [3.8, 4) is 0 Å². The number of hydrogen-bond acceptors (Lipinski definition) is 4. The van der Waals surface area contributed by atoms with Crippen LogP contribution in [0.3, 0.4) is 0 Å². The fraction of sp³-hybridized carbons (Fsp3) is 0.964. The first-order valence-electron chi connectivity index (χ1n) is 13.6. The van der Waals surface area contributed by atoms with Crippen LogP contribution in [0, 0.1) is 11.8 Å². The molecule has 0 spiro atoms. The first-order valence-corrected chi connectivity index (χ1v) is 13.6. The van der Waals surface area contributed by atoms with E-state index >= 15 is 0 Å². The van der Waals surface area contributed by atoms with Gasteiger partial charge in [-0.25, -0.2) is 0 Å². The van der Waals surface area contributed by atoms with Crippen LogP contribution in [0.2, 0.25) is 0 Å². The Bertz CT molecular complexity index is 475. The predicted octanol–water partition coefficient (Wildman–Crippen LogP) is 7.72. The monoisotopic (exact) mass is 455 g/mol. The van der Waals surface area contributed by atoms with Gasteiger partial charge in [-0.15, -0.1) is 0 Å². The van der Waals surface area contributed by atoms with Gasteiger partial charge in [0.25, 0.3) is 0 Å². The number of ether oxygens (including phenoxy) is 1. The molecule has 4 heteroatoms. The van der Waals surface area contributed by atoms with E-state index in [9.17, 15) is 9.90 Å². The zero-order valence-corrected chi connectivity index (χ0v) is 23.0. The molecule has 3 atom stereocenters. The molecule has 0 bridgehead atoms. The van der Waals surface area contributed by atoms with E-state index in [0.29, 0.717) is 12.3 Å². The number of esters is 1. The summed E-state index contributed by atoms with van der Waals surface area (Å²) in [7, 11) is 3.72. The third kappa shape index (κ3) is 12.6. The van der Waals surface area contributed by atoms with E-state index in [4.69, 9.17) is 4.74 Å². The molecule has 0 saturated heterocycles. The summed E-state index contributed by atoms with van der Waals surface area (Å²) in [6.45, 7) is 12.0. The number of likely N-dealkylation sites (N-methyl/N-ethyl adjacent to an activating group) is 1. The molecule has 0 fully saturated rings. The van der Waals surface area contributed by atoms with Crippen molar-refractivity contribution < 1.29 is 14.6 Å². The second-order valence-electron chi connectivity index (χ2n) is 11.1. The molecule has 0 aromatic heterocycles. The highest BCUT2D eigenvalue weighted by atomic mass is 16.6. The van der Waals surface area contributed by atoms with Crippen molar-refractivity contribution in [2.75, 3.05) is 14.1 Å². The van der Waals surface area contributed by atoms with Crippen molar-refractivity contribution in [3.63, 3.8) is 0 Å². The van der Waals surface area contributed by atoms with Crippen molar-refractivity contribution >= 4 is 5.97 Å². The summed E-state index contributed by atoms with van der Waals surface area (Å²) >= 11 is 0. The quantitative estimate of drug-likeness (QED) is 0.116. The van der Waals surface area contributed by atoms with Gasteiger partial charge in [-0.2, -0.15) is 0 Å². The van der Waals surface area contributed by atoms with Crippen LogP contribution in [0.4, 0.5) is 0 Å². The lowest BCUT2D eigenvalue weighted by Crippen LogP contribution is -2.62. The summed E-state index contributed by atoms with van der Waals surface area (Å²) < 4.78 is 5.93. The van der Waals surface area contributed by atoms with Gasteiger partial charge in [-0.3, -0.25) is 9.69 Å². The van der Waals surface area contributed by atoms with E-state index in [-0.39, 0.29) is 11.9 Å². The Balaban J connectivity index is 4.08. The largest absolute Gasteiger partial charge is 0.441 e. The van der Waals surface area contributed by atoms with Crippen molar-refractivity contribution in [2.24, 2.45) is 11.8 Å². The Kier molecular flexibility index (Phi) is 16.6. The Morgan fingerprint density at radius 1 is 0.812 bits per heavy atom. The zero-order valence-electron chi connectivity index (χ0n) is 23.0. The topological polar surface area (TPSA) is 49.8 Å². The molecule has 0 amide bonds. The molecule has 4 nitrogen and oxygen atoms in total. The molecule has 0 aliphatic rings. The van der Waals surface area contributed by atoms with Gasteiger partial charge in [0, 0.05) is 0 Å². The Labute approximate surface area is 200 Å². The Hall–Kier alpha value is -0.610. The second-order valence-corrected chi connectivity index (χ2v) is 11.1. The van der Waals surface area contributed by atoms with E-state index in [1.54, 1.807) is 6.92 Å². The summed E-state index contributed by atoms with van der Waals surface area (Å²) in [5.74, 6) is -0.0350. The van der Waals surface area contributed by atoms with Gasteiger partial charge in [0.2, 0.25) is 0 Å². The van der Waals surface area contributed by atoms with E-state index < -0.39 is 11.3 Å². The fourth-order valence-corrected chi connectivity index (χ4v) is 4.55. The predicted molar refractivity (Wildman–Crippen MR) is 138 cm³/mol. The molecule has 32 heavy (non-hydrogen) atoms. The summed E-state index contributed by atoms with van der Waals surface area (Å²) in [6, 6.07) is 0. The number of carbonyl (C=O) groups excluding carboxylic acids is 1. The molecule has 192 valence electrons. The molecule has 0 heterocycles. The molecular formula is C28H57NO3. The summed E-state index contributed by atoms with van der Waals surface area (Å²) in [5, 5.41) is 11.1. The summed E-state index contributed by atoms with van der Waals surface area (Å²) in [5.41, 5.74) is -2.16. The molecule has 0 rings (SSSR count). The van der Waals surface area contributed by atoms with E-state index in [1.807, 2.05) is 32.8 Å². The summed E-state index contributed by atoms with van der Waals surface area (Å²) in [6.07, 6.45) is 18.7. The molecule has 3 unspecified atom stereocenters. The minimum absolute atomic E-state index is 0.142. The molecule has 0 aliphatic carbocycles. The highest BCUT2D eigenvalue weighted by Gasteiger charge is 2.49. The van der Waals surface area contributed by atoms with Gasteiger partial charge in [-0.05, 0) is 46.7 Å². The summed E-state index contributed by atoms with van der Waals surface area (Å²) in [4.78, 5) is 14.6. The van der Waals surface area contributed by atoms with Crippen molar-refractivity contribution in [2.45, 2.75) is 149 Å². The smallest absolute Gasteiger partial charge is 0.310 e. The van der Waals surface area contributed by atoms with Gasteiger partial charge < -0.3 is 9.84 Å². The van der Waals surface area contributed by atoms with Gasteiger partial charge in [0.05, 0.1) is 5.92 Å². The van der Waals surface area contributed by atoms with Crippen LogP contribution >= 0.6 is 0 Å². The van der Waals surface area contributed by atoms with Gasteiger partial charge >= 0.3 is 5.97 Å². The van der Waals surface area contributed by atoms with Crippen molar-refractivity contribution in [1.29, 1.82) is 0 Å². The number of nitrogens with zero attached hydrogens (tertiary/aromatic N) is 1. The number of rotatable bonds is 20. The van der Waals surface area contributed by atoms with Crippen LogP contribution in [0.1, 0.15) is 138 Å². The van der Waals surface area contributed by atoms with E-state index in [1.165, 1.54) is 77.0 Å². The standard InChI is InChI=1S/C28H57NO3/c1-9-10-11-12-13-14-15-16-17-18-19-20-21-22-25(4)26(30)32-28(6,29(7)8)27(5,31)23-24(2)3/h24-25,31H,9-23H2,1-8H3. The zero-order chi connectivity index (χ0) is 24.6. The lowest BCUT2D eigenvalue weighted by Gasteiger charge is -2.47. The SMILES string of the molecule is CCCCCCCCCCCCCCCC(C)C(=O)OC(C)(N(C)C)C(C)(O)CC(C)C. The van der Waals surface area contributed by atoms with Crippen molar-refractivity contribution in [1.82, 2.24) is 4.90 Å². The van der Waals surface area contributed by atoms with Crippen LogP contribution < -0.4 is 0 Å².